The van der Waals surface area contributed by atoms with Gasteiger partial charge in [-0.2, -0.15) is 0 Å². The van der Waals surface area contributed by atoms with Crippen molar-refractivity contribution in [1.29, 1.82) is 0 Å². The highest BCUT2D eigenvalue weighted by Gasteiger charge is 2.16. The second-order valence-corrected chi connectivity index (χ2v) is 5.63. The van der Waals surface area contributed by atoms with Crippen LogP contribution >= 0.6 is 0 Å². The standard InChI is InChI=1S/C17H23N3O3/c1-12-5-6-14(11-19-12)7-8-18-17(22)20-13(2)10-15(21)16-4-3-9-23-16/h3-6,9,11,13,15,21H,7-8,10H2,1-2H3,(H2,18,20,22)/t13-,15-/m0/s1. The topological polar surface area (TPSA) is 87.4 Å². The quantitative estimate of drug-likeness (QED) is 0.731. The molecule has 0 aliphatic heterocycles. The molecule has 6 heteroatoms. The largest absolute Gasteiger partial charge is 0.467 e. The third kappa shape index (κ3) is 5.75. The molecule has 2 amide bonds. The van der Waals surface area contributed by atoms with Gasteiger partial charge in [0.15, 0.2) is 0 Å². The van der Waals surface area contributed by atoms with Crippen molar-refractivity contribution in [3.05, 3.63) is 53.7 Å². The van der Waals surface area contributed by atoms with E-state index in [1.54, 1.807) is 12.1 Å². The summed E-state index contributed by atoms with van der Waals surface area (Å²) in [6.45, 7) is 4.31. The number of aryl methyl sites for hydroxylation is 1. The van der Waals surface area contributed by atoms with Crippen LogP contribution in [0.5, 0.6) is 0 Å². The maximum Gasteiger partial charge on any atom is 0.315 e. The van der Waals surface area contributed by atoms with Crippen LogP contribution < -0.4 is 10.6 Å². The van der Waals surface area contributed by atoms with Crippen LogP contribution in [0.3, 0.4) is 0 Å². The first-order valence-corrected chi connectivity index (χ1v) is 7.72. The van der Waals surface area contributed by atoms with Gasteiger partial charge in [0.1, 0.15) is 11.9 Å². The summed E-state index contributed by atoms with van der Waals surface area (Å²) in [5.74, 6) is 0.505. The summed E-state index contributed by atoms with van der Waals surface area (Å²) in [7, 11) is 0. The number of rotatable bonds is 7. The maximum absolute atomic E-state index is 11.8. The fourth-order valence-corrected chi connectivity index (χ4v) is 2.23. The lowest BCUT2D eigenvalue weighted by atomic mass is 10.1. The Balaban J connectivity index is 1.66. The Bertz CT molecular complexity index is 596. The molecule has 6 nitrogen and oxygen atoms in total. The molecule has 0 aromatic carbocycles. The molecule has 2 heterocycles. The highest BCUT2D eigenvalue weighted by atomic mass is 16.4. The molecule has 2 rings (SSSR count). The number of amides is 2. The molecule has 0 fully saturated rings. The summed E-state index contributed by atoms with van der Waals surface area (Å²) in [5.41, 5.74) is 2.06. The zero-order chi connectivity index (χ0) is 16.7. The minimum Gasteiger partial charge on any atom is -0.467 e. The summed E-state index contributed by atoms with van der Waals surface area (Å²) >= 11 is 0. The van der Waals surface area contributed by atoms with Gasteiger partial charge in [0, 0.05) is 30.9 Å². The average Bonchev–Trinajstić information content (AvgIpc) is 3.03. The molecule has 0 bridgehead atoms. The zero-order valence-electron chi connectivity index (χ0n) is 13.5. The molecule has 0 saturated carbocycles. The normalized spacial score (nSPS) is 13.3. The van der Waals surface area contributed by atoms with Gasteiger partial charge in [-0.05, 0) is 44.0 Å². The lowest BCUT2D eigenvalue weighted by Gasteiger charge is -2.17. The molecule has 0 aliphatic rings. The number of aliphatic hydroxyl groups is 1. The van der Waals surface area contributed by atoms with Crippen LogP contribution in [-0.4, -0.2) is 28.7 Å². The number of urea groups is 1. The molecule has 3 N–H and O–H groups in total. The fourth-order valence-electron chi connectivity index (χ4n) is 2.23. The van der Waals surface area contributed by atoms with Crippen molar-refractivity contribution in [2.45, 2.75) is 38.8 Å². The number of carbonyl (C=O) groups is 1. The van der Waals surface area contributed by atoms with E-state index in [2.05, 4.69) is 15.6 Å². The lowest BCUT2D eigenvalue weighted by molar-refractivity contribution is 0.129. The van der Waals surface area contributed by atoms with E-state index in [0.29, 0.717) is 18.7 Å². The van der Waals surface area contributed by atoms with Crippen LogP contribution in [0.15, 0.2) is 41.1 Å². The van der Waals surface area contributed by atoms with E-state index in [4.69, 9.17) is 4.42 Å². The van der Waals surface area contributed by atoms with Gasteiger partial charge < -0.3 is 20.2 Å². The fraction of sp³-hybridized carbons (Fsp3) is 0.412. The van der Waals surface area contributed by atoms with Crippen molar-refractivity contribution in [3.8, 4) is 0 Å². The number of nitrogens with one attached hydrogen (secondary N) is 2. The predicted octanol–water partition coefficient (Wildman–Crippen LogP) is 2.34. The van der Waals surface area contributed by atoms with Gasteiger partial charge >= 0.3 is 6.03 Å². The van der Waals surface area contributed by atoms with Gasteiger partial charge in [-0.3, -0.25) is 4.98 Å². The Kier molecular flexibility index (Phi) is 6.17. The molecule has 0 radical (unpaired) electrons. The number of hydrogen-bond acceptors (Lipinski definition) is 4. The number of pyridine rings is 1. The van der Waals surface area contributed by atoms with E-state index < -0.39 is 6.10 Å². The molecule has 2 aromatic heterocycles. The molecule has 124 valence electrons. The SMILES string of the molecule is Cc1ccc(CCNC(=O)N[C@@H](C)C[C@H](O)c2ccco2)cn1. The van der Waals surface area contributed by atoms with Crippen molar-refractivity contribution >= 4 is 6.03 Å². The Labute approximate surface area is 135 Å². The zero-order valence-corrected chi connectivity index (χ0v) is 13.5. The first-order valence-electron chi connectivity index (χ1n) is 7.72. The third-order valence-electron chi connectivity index (χ3n) is 3.50. The van der Waals surface area contributed by atoms with Gasteiger partial charge in [0.05, 0.1) is 6.26 Å². The van der Waals surface area contributed by atoms with E-state index in [1.165, 1.54) is 6.26 Å². The molecule has 0 unspecified atom stereocenters. The van der Waals surface area contributed by atoms with Crippen molar-refractivity contribution in [2.24, 2.45) is 0 Å². The Morgan fingerprint density at radius 1 is 1.39 bits per heavy atom. The number of aliphatic hydroxyl groups excluding tert-OH is 1. The van der Waals surface area contributed by atoms with Crippen LogP contribution in [0.1, 0.15) is 36.5 Å². The molecule has 0 spiro atoms. The minimum atomic E-state index is -0.723. The number of furan rings is 1. The third-order valence-corrected chi connectivity index (χ3v) is 3.50. The molecule has 23 heavy (non-hydrogen) atoms. The summed E-state index contributed by atoms with van der Waals surface area (Å²) in [5, 5.41) is 15.6. The van der Waals surface area contributed by atoms with Gasteiger partial charge in [-0.1, -0.05) is 6.07 Å². The molecule has 2 aromatic rings. The number of carbonyl (C=O) groups excluding carboxylic acids is 1. The lowest BCUT2D eigenvalue weighted by Crippen LogP contribution is -2.42. The van der Waals surface area contributed by atoms with Crippen molar-refractivity contribution in [3.63, 3.8) is 0 Å². The second kappa shape index (κ2) is 8.33. The van der Waals surface area contributed by atoms with Crippen LogP contribution in [0, 0.1) is 6.92 Å². The van der Waals surface area contributed by atoms with Crippen molar-refractivity contribution in [2.75, 3.05) is 6.54 Å². The molecule has 0 aliphatic carbocycles. The predicted molar refractivity (Wildman–Crippen MR) is 87.0 cm³/mol. The molecule has 0 saturated heterocycles. The minimum absolute atomic E-state index is 0.170. The number of hydrogen-bond donors (Lipinski definition) is 3. The van der Waals surface area contributed by atoms with Gasteiger partial charge in [-0.15, -0.1) is 0 Å². The molecular formula is C17H23N3O3. The second-order valence-electron chi connectivity index (χ2n) is 5.63. The summed E-state index contributed by atoms with van der Waals surface area (Å²) in [4.78, 5) is 16.0. The smallest absolute Gasteiger partial charge is 0.315 e. The van der Waals surface area contributed by atoms with Crippen LogP contribution in [0.25, 0.3) is 0 Å². The first-order chi connectivity index (χ1) is 11.0. The first kappa shape index (κ1) is 17.0. The number of aromatic nitrogens is 1. The van der Waals surface area contributed by atoms with Crippen LogP contribution in [0.2, 0.25) is 0 Å². The summed E-state index contributed by atoms with van der Waals surface area (Å²) in [6, 6.07) is 6.98. The Hall–Kier alpha value is -2.34. The monoisotopic (exact) mass is 317 g/mol. The van der Waals surface area contributed by atoms with E-state index in [0.717, 1.165) is 17.7 Å². The van der Waals surface area contributed by atoms with Gasteiger partial charge in [0.25, 0.3) is 0 Å². The summed E-state index contributed by atoms with van der Waals surface area (Å²) in [6.07, 6.45) is 3.73. The average molecular weight is 317 g/mol. The van der Waals surface area contributed by atoms with E-state index in [-0.39, 0.29) is 12.1 Å². The Morgan fingerprint density at radius 3 is 2.87 bits per heavy atom. The molecular weight excluding hydrogens is 294 g/mol. The van der Waals surface area contributed by atoms with Gasteiger partial charge in [0.2, 0.25) is 0 Å². The van der Waals surface area contributed by atoms with Gasteiger partial charge in [-0.25, -0.2) is 4.79 Å². The van der Waals surface area contributed by atoms with E-state index in [9.17, 15) is 9.90 Å². The molecule has 2 atom stereocenters. The van der Waals surface area contributed by atoms with E-state index in [1.807, 2.05) is 32.2 Å². The van der Waals surface area contributed by atoms with Crippen molar-refractivity contribution in [1.82, 2.24) is 15.6 Å². The van der Waals surface area contributed by atoms with Crippen LogP contribution in [-0.2, 0) is 6.42 Å². The number of nitrogens with zero attached hydrogens (tertiary/aromatic N) is 1. The Morgan fingerprint density at radius 2 is 2.22 bits per heavy atom. The summed E-state index contributed by atoms with van der Waals surface area (Å²) < 4.78 is 5.14. The van der Waals surface area contributed by atoms with Crippen molar-refractivity contribution < 1.29 is 14.3 Å². The highest BCUT2D eigenvalue weighted by Crippen LogP contribution is 2.18. The van der Waals surface area contributed by atoms with Crippen LogP contribution in [0.4, 0.5) is 4.79 Å². The maximum atomic E-state index is 11.8. The van der Waals surface area contributed by atoms with E-state index >= 15 is 0 Å². The highest BCUT2D eigenvalue weighted by molar-refractivity contribution is 5.74.